The smallest absolute Gasteiger partial charge is 0.122 e. The van der Waals surface area contributed by atoms with Gasteiger partial charge in [0.15, 0.2) is 0 Å². The second kappa shape index (κ2) is 8.66. The van der Waals surface area contributed by atoms with Crippen molar-refractivity contribution in [1.82, 2.24) is 0 Å². The first-order valence-electron chi connectivity index (χ1n) is 5.81. The fourth-order valence-electron chi connectivity index (χ4n) is 1.49. The maximum absolute atomic E-state index is 10.5. The van der Waals surface area contributed by atoms with Gasteiger partial charge >= 0.3 is 0 Å². The van der Waals surface area contributed by atoms with Crippen molar-refractivity contribution in [3.8, 4) is 0 Å². The third-order valence-corrected chi connectivity index (χ3v) is 2.33. The molecule has 0 aliphatic heterocycles. The molecule has 88 valence electrons. The lowest BCUT2D eigenvalue weighted by Gasteiger charge is -2.20. The molecule has 0 spiro atoms. The highest BCUT2D eigenvalue weighted by Gasteiger charge is 2.12. The largest absolute Gasteiger partial charge is 0.376 e. The summed E-state index contributed by atoms with van der Waals surface area (Å²) in [6.45, 7) is 9.75. The van der Waals surface area contributed by atoms with Gasteiger partial charge in [-0.2, -0.15) is 0 Å². The van der Waals surface area contributed by atoms with E-state index in [9.17, 15) is 4.79 Å². The van der Waals surface area contributed by atoms with Gasteiger partial charge in [-0.1, -0.05) is 13.0 Å². The molecule has 15 heavy (non-hydrogen) atoms. The summed E-state index contributed by atoms with van der Waals surface area (Å²) in [5.41, 5.74) is 0. The maximum Gasteiger partial charge on any atom is 0.122 e. The second-order valence-electron chi connectivity index (χ2n) is 4.36. The molecule has 2 atom stereocenters. The summed E-state index contributed by atoms with van der Waals surface area (Å²) in [6, 6.07) is 0. The lowest BCUT2D eigenvalue weighted by atomic mass is 10.0. The van der Waals surface area contributed by atoms with Gasteiger partial charge in [0.25, 0.3) is 0 Å². The zero-order chi connectivity index (χ0) is 11.7. The van der Waals surface area contributed by atoms with Crippen LogP contribution in [0, 0.1) is 5.92 Å². The Kier molecular flexibility index (Phi) is 8.30. The van der Waals surface area contributed by atoms with E-state index >= 15 is 0 Å². The van der Waals surface area contributed by atoms with Crippen LogP contribution in [0.4, 0.5) is 0 Å². The second-order valence-corrected chi connectivity index (χ2v) is 4.36. The molecule has 0 rings (SSSR count). The van der Waals surface area contributed by atoms with Crippen molar-refractivity contribution in [2.75, 3.05) is 0 Å². The van der Waals surface area contributed by atoms with Gasteiger partial charge in [0.05, 0.1) is 12.2 Å². The molecule has 0 heterocycles. The first-order valence-corrected chi connectivity index (χ1v) is 5.81. The summed E-state index contributed by atoms with van der Waals surface area (Å²) in [6.07, 6.45) is 7.32. The molecular weight excluding hydrogens is 188 g/mol. The highest BCUT2D eigenvalue weighted by molar-refractivity contribution is 5.52. The van der Waals surface area contributed by atoms with Crippen molar-refractivity contribution in [1.29, 1.82) is 0 Å². The van der Waals surface area contributed by atoms with E-state index in [1.165, 1.54) is 0 Å². The zero-order valence-corrected chi connectivity index (χ0v) is 10.2. The van der Waals surface area contributed by atoms with Gasteiger partial charge in [-0.25, -0.2) is 0 Å². The summed E-state index contributed by atoms with van der Waals surface area (Å²) in [5, 5.41) is 0. The third-order valence-electron chi connectivity index (χ3n) is 2.33. The minimum atomic E-state index is 0.145. The van der Waals surface area contributed by atoms with Crippen LogP contribution < -0.4 is 0 Å². The van der Waals surface area contributed by atoms with Crippen LogP contribution >= 0.6 is 0 Å². The van der Waals surface area contributed by atoms with E-state index in [1.54, 1.807) is 0 Å². The van der Waals surface area contributed by atoms with Gasteiger partial charge < -0.3 is 9.53 Å². The molecule has 0 fully saturated rings. The molecule has 0 bridgehead atoms. The van der Waals surface area contributed by atoms with Gasteiger partial charge in [0.2, 0.25) is 0 Å². The Bertz CT molecular complexity index is 175. The number of carbonyl (C=O) groups is 1. The van der Waals surface area contributed by atoms with Crippen LogP contribution in [-0.2, 0) is 9.53 Å². The molecule has 0 N–H and O–H groups in total. The van der Waals surface area contributed by atoms with Crippen LogP contribution in [0.3, 0.4) is 0 Å². The molecule has 0 aromatic rings. The van der Waals surface area contributed by atoms with Crippen molar-refractivity contribution >= 4 is 6.29 Å². The summed E-state index contributed by atoms with van der Waals surface area (Å²) in [5.74, 6) is 0.145. The Hall–Kier alpha value is -0.630. The van der Waals surface area contributed by atoms with Crippen LogP contribution in [0.1, 0.15) is 46.5 Å². The van der Waals surface area contributed by atoms with Gasteiger partial charge in [0.1, 0.15) is 6.29 Å². The van der Waals surface area contributed by atoms with Gasteiger partial charge in [0, 0.05) is 5.92 Å². The Morgan fingerprint density at radius 1 is 1.20 bits per heavy atom. The molecule has 0 aliphatic rings. The molecule has 2 unspecified atom stereocenters. The van der Waals surface area contributed by atoms with E-state index in [4.69, 9.17) is 4.74 Å². The Morgan fingerprint density at radius 2 is 1.87 bits per heavy atom. The quantitative estimate of drug-likeness (QED) is 0.433. The monoisotopic (exact) mass is 212 g/mol. The molecule has 0 aromatic heterocycles. The molecule has 0 saturated carbocycles. The van der Waals surface area contributed by atoms with Crippen molar-refractivity contribution < 1.29 is 9.53 Å². The molecule has 0 saturated heterocycles. The number of hydrogen-bond donors (Lipinski definition) is 0. The third kappa shape index (κ3) is 8.37. The average Bonchev–Trinajstić information content (AvgIpc) is 2.20. The van der Waals surface area contributed by atoms with E-state index < -0.39 is 0 Å². The van der Waals surface area contributed by atoms with Crippen molar-refractivity contribution in [3.63, 3.8) is 0 Å². The van der Waals surface area contributed by atoms with Crippen LogP contribution in [0.5, 0.6) is 0 Å². The van der Waals surface area contributed by atoms with Gasteiger partial charge in [-0.15, -0.1) is 6.58 Å². The number of allylic oxidation sites excluding steroid dienone is 1. The van der Waals surface area contributed by atoms with Gasteiger partial charge in [-0.3, -0.25) is 0 Å². The van der Waals surface area contributed by atoms with E-state index in [0.29, 0.717) is 0 Å². The standard InChI is InChI=1S/C13H24O2/c1-5-6-7-13(15-11(2)3)9-8-12(4)10-14/h5,10-13H,1,6-9H2,2-4H3. The minimum Gasteiger partial charge on any atom is -0.376 e. The van der Waals surface area contributed by atoms with Crippen LogP contribution in [0.15, 0.2) is 12.7 Å². The zero-order valence-electron chi connectivity index (χ0n) is 10.2. The predicted molar refractivity (Wildman–Crippen MR) is 63.9 cm³/mol. The van der Waals surface area contributed by atoms with E-state index in [0.717, 1.165) is 32.0 Å². The number of rotatable bonds is 9. The topological polar surface area (TPSA) is 26.3 Å². The number of hydrogen-bond acceptors (Lipinski definition) is 2. The normalized spacial score (nSPS) is 14.9. The minimum absolute atomic E-state index is 0.145. The Labute approximate surface area is 93.7 Å². The molecule has 2 nitrogen and oxygen atoms in total. The average molecular weight is 212 g/mol. The molecule has 0 aromatic carbocycles. The van der Waals surface area contributed by atoms with E-state index in [1.807, 2.05) is 26.8 Å². The maximum atomic E-state index is 10.5. The first-order chi connectivity index (χ1) is 7.10. The highest BCUT2D eigenvalue weighted by atomic mass is 16.5. The highest BCUT2D eigenvalue weighted by Crippen LogP contribution is 2.15. The number of aldehydes is 1. The van der Waals surface area contributed by atoms with Crippen LogP contribution in [-0.4, -0.2) is 18.5 Å². The molecule has 2 heteroatoms. The van der Waals surface area contributed by atoms with Crippen molar-refractivity contribution in [2.45, 2.75) is 58.7 Å². The summed E-state index contributed by atoms with van der Waals surface area (Å²) >= 11 is 0. The fraction of sp³-hybridized carbons (Fsp3) is 0.769. The van der Waals surface area contributed by atoms with E-state index in [2.05, 4.69) is 6.58 Å². The summed E-state index contributed by atoms with van der Waals surface area (Å²) in [7, 11) is 0. The predicted octanol–water partition coefficient (Wildman–Crippen LogP) is 3.36. The number of ether oxygens (including phenoxy) is 1. The summed E-state index contributed by atoms with van der Waals surface area (Å²) < 4.78 is 5.78. The SMILES string of the molecule is C=CCCC(CCC(C)C=O)OC(C)C. The number of carbonyl (C=O) groups excluding carboxylic acids is 1. The van der Waals surface area contributed by atoms with Crippen molar-refractivity contribution in [2.24, 2.45) is 5.92 Å². The molecule has 0 radical (unpaired) electrons. The Balaban J connectivity index is 3.88. The molecule has 0 amide bonds. The van der Waals surface area contributed by atoms with Crippen LogP contribution in [0.2, 0.25) is 0 Å². The fourth-order valence-corrected chi connectivity index (χ4v) is 1.49. The first kappa shape index (κ1) is 14.4. The van der Waals surface area contributed by atoms with Crippen LogP contribution in [0.25, 0.3) is 0 Å². The summed E-state index contributed by atoms with van der Waals surface area (Å²) in [4.78, 5) is 10.5. The molecular formula is C13H24O2. The Morgan fingerprint density at radius 3 is 2.33 bits per heavy atom. The lowest BCUT2D eigenvalue weighted by molar-refractivity contribution is -0.111. The van der Waals surface area contributed by atoms with E-state index in [-0.39, 0.29) is 18.1 Å². The molecule has 0 aliphatic carbocycles. The van der Waals surface area contributed by atoms with Crippen molar-refractivity contribution in [3.05, 3.63) is 12.7 Å². The lowest BCUT2D eigenvalue weighted by Crippen LogP contribution is -2.18. The van der Waals surface area contributed by atoms with Gasteiger partial charge in [-0.05, 0) is 39.5 Å².